The number of aryl methyl sites for hydroxylation is 1. The predicted molar refractivity (Wildman–Crippen MR) is 122 cm³/mol. The van der Waals surface area contributed by atoms with E-state index in [1.165, 1.54) is 18.9 Å². The normalized spacial score (nSPS) is 19.0. The molecule has 1 fully saturated rings. The lowest BCUT2D eigenvalue weighted by Crippen LogP contribution is -2.47. The summed E-state index contributed by atoms with van der Waals surface area (Å²) in [5.41, 5.74) is -1.92. The van der Waals surface area contributed by atoms with E-state index in [0.29, 0.717) is 0 Å². The van der Waals surface area contributed by atoms with E-state index in [1.54, 1.807) is 41.5 Å². The van der Waals surface area contributed by atoms with Crippen molar-refractivity contribution in [3.05, 3.63) is 35.2 Å². The Hall–Kier alpha value is -3.45. The van der Waals surface area contributed by atoms with Crippen LogP contribution < -0.4 is 5.32 Å². The lowest BCUT2D eigenvalue weighted by Gasteiger charge is -2.34. The van der Waals surface area contributed by atoms with Crippen LogP contribution in [0.25, 0.3) is 0 Å². The lowest BCUT2D eigenvalue weighted by atomic mass is 10.1. The molecule has 2 N–H and O–H groups in total. The molecule has 0 aliphatic carbocycles. The van der Waals surface area contributed by atoms with Crippen molar-refractivity contribution in [1.29, 1.82) is 0 Å². The van der Waals surface area contributed by atoms with Crippen molar-refractivity contribution in [2.45, 2.75) is 78.0 Å². The number of methoxy groups -OCH3 is 1. The van der Waals surface area contributed by atoms with Gasteiger partial charge in [-0.25, -0.2) is 19.6 Å². The van der Waals surface area contributed by atoms with Crippen molar-refractivity contribution in [2.24, 2.45) is 0 Å². The van der Waals surface area contributed by atoms with Gasteiger partial charge in [-0.15, -0.1) is 0 Å². The standard InChI is InChI=1S/C23H32N4O9/c1-11(28)15(19-24-13(9-33-19)20(30)32-8)25-17(29)16-12(2)35-18(26-16)14-10-34-23(6,7)27(14)21(31)36-22(3,4)5/h9,11,14-15,28H,10H2,1-8H3,(H,25,29)/t11-,14+,15+/m1/s1. The number of carbonyl (C=O) groups is 3. The number of nitrogens with zero attached hydrogens (tertiary/aromatic N) is 3. The lowest BCUT2D eigenvalue weighted by molar-refractivity contribution is -0.0634. The Morgan fingerprint density at radius 2 is 1.94 bits per heavy atom. The summed E-state index contributed by atoms with van der Waals surface area (Å²) in [5.74, 6) is -1.24. The number of nitrogens with one attached hydrogen (secondary N) is 1. The summed E-state index contributed by atoms with van der Waals surface area (Å²) in [4.78, 5) is 47.4. The van der Waals surface area contributed by atoms with E-state index in [1.807, 2.05) is 0 Å². The maximum Gasteiger partial charge on any atom is 0.413 e. The van der Waals surface area contributed by atoms with Crippen molar-refractivity contribution >= 4 is 18.0 Å². The molecule has 2 aromatic rings. The van der Waals surface area contributed by atoms with Crippen LogP contribution in [-0.2, 0) is 14.2 Å². The molecular weight excluding hydrogens is 476 g/mol. The minimum absolute atomic E-state index is 0.0655. The number of rotatable bonds is 6. The number of esters is 1. The number of aliphatic hydroxyl groups is 1. The summed E-state index contributed by atoms with van der Waals surface area (Å²) in [6.07, 6.45) is -0.678. The molecule has 0 unspecified atom stereocenters. The summed E-state index contributed by atoms with van der Waals surface area (Å²) >= 11 is 0. The highest BCUT2D eigenvalue weighted by Gasteiger charge is 2.48. The topological polar surface area (TPSA) is 166 Å². The molecule has 13 nitrogen and oxygen atoms in total. The molecule has 0 bridgehead atoms. The van der Waals surface area contributed by atoms with E-state index in [9.17, 15) is 19.5 Å². The molecule has 1 aliphatic rings. The van der Waals surface area contributed by atoms with E-state index in [2.05, 4.69) is 20.0 Å². The fourth-order valence-corrected chi connectivity index (χ4v) is 3.64. The third kappa shape index (κ3) is 5.68. The van der Waals surface area contributed by atoms with Crippen LogP contribution in [0.15, 0.2) is 15.1 Å². The fourth-order valence-electron chi connectivity index (χ4n) is 3.64. The number of aromatic nitrogens is 2. The van der Waals surface area contributed by atoms with Gasteiger partial charge in [-0.05, 0) is 48.5 Å². The number of aliphatic hydroxyl groups excluding tert-OH is 1. The first-order valence-corrected chi connectivity index (χ1v) is 11.3. The zero-order valence-electron chi connectivity index (χ0n) is 21.6. The van der Waals surface area contributed by atoms with Gasteiger partial charge in [0, 0.05) is 0 Å². The predicted octanol–water partition coefficient (Wildman–Crippen LogP) is 2.65. The van der Waals surface area contributed by atoms with Crippen molar-refractivity contribution in [3.63, 3.8) is 0 Å². The first kappa shape index (κ1) is 27.1. The molecule has 1 saturated heterocycles. The quantitative estimate of drug-likeness (QED) is 0.551. The summed E-state index contributed by atoms with van der Waals surface area (Å²) < 4.78 is 26.9. The molecule has 3 rings (SSSR count). The van der Waals surface area contributed by atoms with Crippen LogP contribution in [0.5, 0.6) is 0 Å². The molecule has 0 radical (unpaired) electrons. The molecule has 0 saturated carbocycles. The zero-order chi connectivity index (χ0) is 27.0. The van der Waals surface area contributed by atoms with Gasteiger partial charge >= 0.3 is 12.1 Å². The molecule has 0 aromatic carbocycles. The first-order chi connectivity index (χ1) is 16.6. The molecular formula is C23H32N4O9. The second-order valence-corrected chi connectivity index (χ2v) is 9.84. The van der Waals surface area contributed by atoms with Gasteiger partial charge in [0.2, 0.25) is 11.8 Å². The van der Waals surface area contributed by atoms with Gasteiger partial charge in [-0.2, -0.15) is 0 Å². The summed E-state index contributed by atoms with van der Waals surface area (Å²) in [5, 5.41) is 12.8. The van der Waals surface area contributed by atoms with Gasteiger partial charge in [0.25, 0.3) is 5.91 Å². The van der Waals surface area contributed by atoms with Crippen molar-refractivity contribution < 1.29 is 42.5 Å². The Morgan fingerprint density at radius 3 is 2.53 bits per heavy atom. The summed E-state index contributed by atoms with van der Waals surface area (Å²) in [7, 11) is 1.19. The Bertz CT molecular complexity index is 1130. The van der Waals surface area contributed by atoms with E-state index in [0.717, 1.165) is 6.26 Å². The van der Waals surface area contributed by atoms with Crippen LogP contribution in [0.3, 0.4) is 0 Å². The van der Waals surface area contributed by atoms with E-state index >= 15 is 0 Å². The van der Waals surface area contributed by atoms with Crippen LogP contribution in [0.1, 0.15) is 92.1 Å². The number of amides is 2. The monoisotopic (exact) mass is 508 g/mol. The molecule has 0 spiro atoms. The SMILES string of the molecule is COC(=O)c1coc([C@@H](NC(=O)c2nc([C@@H]3COC(C)(C)N3C(=O)OC(C)(C)C)oc2C)[C@@H](C)O)n1. The van der Waals surface area contributed by atoms with Crippen molar-refractivity contribution in [3.8, 4) is 0 Å². The van der Waals surface area contributed by atoms with Gasteiger partial charge < -0.3 is 33.5 Å². The van der Waals surface area contributed by atoms with Gasteiger partial charge in [0.15, 0.2) is 11.4 Å². The number of ether oxygens (including phenoxy) is 3. The summed E-state index contributed by atoms with van der Waals surface area (Å²) in [6, 6.07) is -1.83. The van der Waals surface area contributed by atoms with Crippen LogP contribution >= 0.6 is 0 Å². The average Bonchev–Trinajstić information content (AvgIpc) is 3.46. The Kier molecular flexibility index (Phi) is 7.46. The first-order valence-electron chi connectivity index (χ1n) is 11.3. The average molecular weight is 509 g/mol. The maximum absolute atomic E-state index is 13.1. The largest absolute Gasteiger partial charge is 0.464 e. The minimum Gasteiger partial charge on any atom is -0.464 e. The molecule has 2 amide bonds. The Labute approximate surface area is 208 Å². The van der Waals surface area contributed by atoms with E-state index in [-0.39, 0.29) is 35.5 Å². The van der Waals surface area contributed by atoms with Crippen LogP contribution in [0.4, 0.5) is 4.79 Å². The molecule has 36 heavy (non-hydrogen) atoms. The van der Waals surface area contributed by atoms with Gasteiger partial charge in [0.05, 0.1) is 19.8 Å². The van der Waals surface area contributed by atoms with Crippen LogP contribution in [-0.4, -0.2) is 69.1 Å². The Morgan fingerprint density at radius 1 is 1.28 bits per heavy atom. The maximum atomic E-state index is 13.1. The highest BCUT2D eigenvalue weighted by Crippen LogP contribution is 2.38. The van der Waals surface area contributed by atoms with Crippen LogP contribution in [0.2, 0.25) is 0 Å². The number of hydrogen-bond acceptors (Lipinski definition) is 11. The highest BCUT2D eigenvalue weighted by atomic mass is 16.6. The van der Waals surface area contributed by atoms with Crippen LogP contribution in [0, 0.1) is 6.92 Å². The van der Waals surface area contributed by atoms with E-state index in [4.69, 9.17) is 18.3 Å². The third-order valence-corrected chi connectivity index (χ3v) is 5.34. The van der Waals surface area contributed by atoms with Crippen molar-refractivity contribution in [2.75, 3.05) is 13.7 Å². The third-order valence-electron chi connectivity index (χ3n) is 5.34. The molecule has 198 valence electrons. The molecule has 3 heterocycles. The molecule has 2 aromatic heterocycles. The van der Waals surface area contributed by atoms with Crippen molar-refractivity contribution in [1.82, 2.24) is 20.2 Å². The number of carbonyl (C=O) groups excluding carboxylic acids is 3. The smallest absolute Gasteiger partial charge is 0.413 e. The Balaban J connectivity index is 1.84. The minimum atomic E-state index is -1.13. The number of hydrogen-bond donors (Lipinski definition) is 2. The van der Waals surface area contributed by atoms with Gasteiger partial charge in [-0.3, -0.25) is 9.69 Å². The molecule has 1 aliphatic heterocycles. The van der Waals surface area contributed by atoms with E-state index < -0.39 is 47.5 Å². The molecule has 3 atom stereocenters. The summed E-state index contributed by atoms with van der Waals surface area (Å²) in [6.45, 7) is 11.7. The highest BCUT2D eigenvalue weighted by molar-refractivity contribution is 5.93. The fraction of sp³-hybridized carbons (Fsp3) is 0.609. The van der Waals surface area contributed by atoms with Gasteiger partial charge in [-0.1, -0.05) is 0 Å². The number of oxazole rings is 2. The second-order valence-electron chi connectivity index (χ2n) is 9.84. The van der Waals surface area contributed by atoms with Gasteiger partial charge in [0.1, 0.15) is 35.4 Å². The zero-order valence-corrected chi connectivity index (χ0v) is 21.6. The molecule has 13 heteroatoms. The second kappa shape index (κ2) is 9.90.